The quantitative estimate of drug-likeness (QED) is 0.677. The molecule has 2 heterocycles. The topological polar surface area (TPSA) is 78.0 Å². The van der Waals surface area contributed by atoms with Gasteiger partial charge in [0.15, 0.2) is 0 Å². The molecule has 27 heavy (non-hydrogen) atoms. The van der Waals surface area contributed by atoms with E-state index in [-0.39, 0.29) is 11.8 Å². The molecule has 2 aliphatic rings. The lowest BCUT2D eigenvalue weighted by atomic mass is 10.0. The summed E-state index contributed by atoms with van der Waals surface area (Å²) in [5.41, 5.74) is 1.00. The Hall–Kier alpha value is -1.93. The van der Waals surface area contributed by atoms with Gasteiger partial charge in [0.1, 0.15) is 0 Å². The van der Waals surface area contributed by atoms with Crippen LogP contribution in [0.5, 0.6) is 0 Å². The minimum Gasteiger partial charge on any atom is -0.330 e. The van der Waals surface area contributed by atoms with Crippen LogP contribution in [-0.2, 0) is 26.2 Å². The molecule has 2 amide bonds. The summed E-state index contributed by atoms with van der Waals surface area (Å²) >= 11 is 0. The third-order valence-electron chi connectivity index (χ3n) is 5.28. The maximum absolute atomic E-state index is 12.6. The maximum Gasteiger partial charge on any atom is 0.312 e. The van der Waals surface area contributed by atoms with Crippen molar-refractivity contribution in [2.75, 3.05) is 31.9 Å². The molecule has 0 spiro atoms. The fraction of sp³-hybridized carbons (Fsp3) is 0.579. The molecule has 2 saturated heterocycles. The highest BCUT2D eigenvalue weighted by atomic mass is 32.2. The van der Waals surface area contributed by atoms with E-state index in [1.807, 2.05) is 37.3 Å². The third kappa shape index (κ3) is 4.50. The van der Waals surface area contributed by atoms with Gasteiger partial charge in [0, 0.05) is 38.8 Å². The first-order chi connectivity index (χ1) is 12.9. The van der Waals surface area contributed by atoms with Crippen LogP contribution in [0.2, 0.25) is 0 Å². The number of hydrogen-bond donors (Lipinski definition) is 0. The number of sulfonamides is 1. The molecule has 148 valence electrons. The van der Waals surface area contributed by atoms with Gasteiger partial charge >= 0.3 is 11.8 Å². The van der Waals surface area contributed by atoms with Gasteiger partial charge in [-0.05, 0) is 24.8 Å². The Labute approximate surface area is 161 Å². The summed E-state index contributed by atoms with van der Waals surface area (Å²) in [6.45, 7) is 4.13. The van der Waals surface area contributed by atoms with Crippen molar-refractivity contribution in [3.05, 3.63) is 35.9 Å². The molecular weight excluding hydrogens is 366 g/mol. The van der Waals surface area contributed by atoms with Gasteiger partial charge in [0.2, 0.25) is 10.0 Å². The average Bonchev–Trinajstić information content (AvgIpc) is 2.67. The second kappa shape index (κ2) is 8.39. The van der Waals surface area contributed by atoms with Gasteiger partial charge in [-0.3, -0.25) is 9.59 Å². The summed E-state index contributed by atoms with van der Waals surface area (Å²) in [6, 6.07) is 9.57. The SMILES string of the molecule is CCCS(=O)(=O)N1CCC(N2CCN(Cc3ccccc3)C(=O)C2=O)CC1. The van der Waals surface area contributed by atoms with E-state index in [9.17, 15) is 18.0 Å². The van der Waals surface area contributed by atoms with E-state index in [0.717, 1.165) is 5.56 Å². The summed E-state index contributed by atoms with van der Waals surface area (Å²) in [7, 11) is -3.20. The number of benzene rings is 1. The fourth-order valence-corrected chi connectivity index (χ4v) is 5.35. The van der Waals surface area contributed by atoms with E-state index in [1.165, 1.54) is 4.31 Å². The predicted octanol–water partition coefficient (Wildman–Crippen LogP) is 1.06. The number of piperazine rings is 1. The zero-order chi connectivity index (χ0) is 19.4. The molecule has 0 bridgehead atoms. The molecular formula is C19H27N3O4S. The lowest BCUT2D eigenvalue weighted by Crippen LogP contribution is -2.59. The van der Waals surface area contributed by atoms with Gasteiger partial charge < -0.3 is 9.80 Å². The van der Waals surface area contributed by atoms with E-state index in [0.29, 0.717) is 52.0 Å². The van der Waals surface area contributed by atoms with Crippen LogP contribution in [0.15, 0.2) is 30.3 Å². The van der Waals surface area contributed by atoms with Crippen LogP contribution >= 0.6 is 0 Å². The minimum atomic E-state index is -3.20. The van der Waals surface area contributed by atoms with Crippen molar-refractivity contribution in [3.8, 4) is 0 Å². The molecule has 8 heteroatoms. The van der Waals surface area contributed by atoms with Crippen LogP contribution in [0, 0.1) is 0 Å². The molecule has 1 aromatic carbocycles. The minimum absolute atomic E-state index is 0.0617. The Morgan fingerprint density at radius 1 is 0.963 bits per heavy atom. The molecule has 2 aliphatic heterocycles. The summed E-state index contributed by atoms with van der Waals surface area (Å²) < 4.78 is 25.9. The molecule has 0 saturated carbocycles. The first-order valence-corrected chi connectivity index (χ1v) is 11.1. The number of nitrogens with zero attached hydrogens (tertiary/aromatic N) is 3. The number of carbonyl (C=O) groups is 2. The van der Waals surface area contributed by atoms with Gasteiger partial charge in [-0.2, -0.15) is 0 Å². The number of rotatable bonds is 6. The van der Waals surface area contributed by atoms with Crippen molar-refractivity contribution >= 4 is 21.8 Å². The van der Waals surface area contributed by atoms with Crippen molar-refractivity contribution in [3.63, 3.8) is 0 Å². The summed E-state index contributed by atoms with van der Waals surface area (Å²) in [5, 5.41) is 0. The lowest BCUT2D eigenvalue weighted by molar-refractivity contribution is -0.158. The maximum atomic E-state index is 12.6. The Balaban J connectivity index is 1.57. The van der Waals surface area contributed by atoms with Gasteiger partial charge in [-0.25, -0.2) is 12.7 Å². The van der Waals surface area contributed by atoms with Crippen LogP contribution in [0.1, 0.15) is 31.7 Å². The second-order valence-corrected chi connectivity index (χ2v) is 9.25. The largest absolute Gasteiger partial charge is 0.330 e. The number of hydrogen-bond acceptors (Lipinski definition) is 4. The van der Waals surface area contributed by atoms with E-state index >= 15 is 0 Å². The monoisotopic (exact) mass is 393 g/mol. The third-order valence-corrected chi connectivity index (χ3v) is 7.35. The van der Waals surface area contributed by atoms with Crippen molar-refractivity contribution in [1.29, 1.82) is 0 Å². The van der Waals surface area contributed by atoms with Crippen LogP contribution in [0.3, 0.4) is 0 Å². The lowest BCUT2D eigenvalue weighted by Gasteiger charge is -2.41. The van der Waals surface area contributed by atoms with Crippen LogP contribution in [0.25, 0.3) is 0 Å². The molecule has 1 aromatic rings. The smallest absolute Gasteiger partial charge is 0.312 e. The van der Waals surface area contributed by atoms with Crippen LogP contribution in [0.4, 0.5) is 0 Å². The fourth-order valence-electron chi connectivity index (χ4n) is 3.81. The van der Waals surface area contributed by atoms with Crippen molar-refractivity contribution in [2.24, 2.45) is 0 Å². The average molecular weight is 394 g/mol. The van der Waals surface area contributed by atoms with E-state index in [1.54, 1.807) is 9.80 Å². The normalized spacial score (nSPS) is 20.3. The molecule has 0 unspecified atom stereocenters. The van der Waals surface area contributed by atoms with E-state index < -0.39 is 21.8 Å². The standard InChI is InChI=1S/C19H27N3O4S/c1-2-14-27(25,26)21-10-8-17(9-11-21)22-13-12-20(18(23)19(22)24)15-16-6-4-3-5-7-16/h3-7,17H,2,8-15H2,1H3. The summed E-state index contributed by atoms with van der Waals surface area (Å²) in [6.07, 6.45) is 1.76. The highest BCUT2D eigenvalue weighted by Crippen LogP contribution is 2.22. The van der Waals surface area contributed by atoms with Crippen molar-refractivity contribution in [2.45, 2.75) is 38.8 Å². The molecule has 3 rings (SSSR count). The summed E-state index contributed by atoms with van der Waals surface area (Å²) in [5.74, 6) is -0.772. The molecule has 0 aromatic heterocycles. The van der Waals surface area contributed by atoms with Crippen molar-refractivity contribution < 1.29 is 18.0 Å². The summed E-state index contributed by atoms with van der Waals surface area (Å²) in [4.78, 5) is 28.4. The number of carbonyl (C=O) groups excluding carboxylic acids is 2. The molecule has 2 fully saturated rings. The highest BCUT2D eigenvalue weighted by Gasteiger charge is 2.38. The number of piperidine rings is 1. The van der Waals surface area contributed by atoms with Crippen LogP contribution in [-0.4, -0.2) is 72.3 Å². The Morgan fingerprint density at radius 3 is 2.26 bits per heavy atom. The second-order valence-electron chi connectivity index (χ2n) is 7.16. The molecule has 0 radical (unpaired) electrons. The Bertz CT molecular complexity index is 773. The zero-order valence-corrected chi connectivity index (χ0v) is 16.5. The molecule has 0 N–H and O–H groups in total. The van der Waals surface area contributed by atoms with E-state index in [4.69, 9.17) is 0 Å². The predicted molar refractivity (Wildman–Crippen MR) is 102 cm³/mol. The number of amides is 2. The molecule has 0 atom stereocenters. The van der Waals surface area contributed by atoms with Gasteiger partial charge in [-0.1, -0.05) is 37.3 Å². The first-order valence-electron chi connectivity index (χ1n) is 9.54. The Kier molecular flexibility index (Phi) is 6.16. The molecule has 0 aliphatic carbocycles. The van der Waals surface area contributed by atoms with Crippen LogP contribution < -0.4 is 0 Å². The van der Waals surface area contributed by atoms with Crippen molar-refractivity contribution in [1.82, 2.24) is 14.1 Å². The Morgan fingerprint density at radius 2 is 1.63 bits per heavy atom. The van der Waals surface area contributed by atoms with Gasteiger partial charge in [0.05, 0.1) is 5.75 Å². The molecule has 7 nitrogen and oxygen atoms in total. The van der Waals surface area contributed by atoms with Gasteiger partial charge in [-0.15, -0.1) is 0 Å². The zero-order valence-electron chi connectivity index (χ0n) is 15.7. The highest BCUT2D eigenvalue weighted by molar-refractivity contribution is 7.89. The first kappa shape index (κ1) is 19.8. The van der Waals surface area contributed by atoms with E-state index in [2.05, 4.69) is 0 Å². The van der Waals surface area contributed by atoms with Gasteiger partial charge in [0.25, 0.3) is 0 Å².